The van der Waals surface area contributed by atoms with Gasteiger partial charge in [-0.1, -0.05) is 53.7 Å². The molecule has 0 heterocycles. The second-order valence-corrected chi connectivity index (χ2v) is 22.0. The first-order chi connectivity index (χ1) is 39.3. The lowest BCUT2D eigenvalue weighted by molar-refractivity contribution is -0.142. The van der Waals surface area contributed by atoms with Gasteiger partial charge in [0.15, 0.2) is 5.96 Å². The number of thiol groups is 3. The van der Waals surface area contributed by atoms with Gasteiger partial charge < -0.3 is 91.0 Å². The van der Waals surface area contributed by atoms with Crippen LogP contribution in [0.2, 0.25) is 0 Å². The number of aliphatic hydroxyl groups is 1. The minimum absolute atomic E-state index is 0.0498. The molecular weight excluding hydrogens is 1160 g/mol. The highest BCUT2D eigenvalue weighted by atomic mass is 32.1. The normalized spacial score (nSPS) is 15.1. The molecule has 1 aromatic rings. The number of nitrogens with one attached hydrogen (secondary N) is 12. The van der Waals surface area contributed by atoms with Crippen LogP contribution < -0.4 is 75.7 Å². The van der Waals surface area contributed by atoms with Crippen LogP contribution in [0.5, 0.6) is 5.75 Å². The quantitative estimate of drug-likeness (QED) is 0.0127. The second kappa shape index (κ2) is 38.0. The van der Waals surface area contributed by atoms with E-state index in [9.17, 15) is 72.9 Å². The second-order valence-electron chi connectivity index (χ2n) is 20.9. The van der Waals surface area contributed by atoms with Crippen molar-refractivity contribution in [1.82, 2.24) is 58.5 Å². The average Bonchev–Trinajstić information content (AvgIpc) is 3.59. The largest absolute Gasteiger partial charge is 0.508 e. The molecule has 0 unspecified atom stereocenters. The van der Waals surface area contributed by atoms with Crippen molar-refractivity contribution in [2.24, 2.45) is 35.0 Å². The van der Waals surface area contributed by atoms with Gasteiger partial charge in [-0.2, -0.15) is 37.9 Å². The Labute approximate surface area is 503 Å². The van der Waals surface area contributed by atoms with Crippen LogP contribution in [0, 0.1) is 23.2 Å². The van der Waals surface area contributed by atoms with Crippen LogP contribution in [-0.4, -0.2) is 189 Å². The molecule has 1 aromatic carbocycles. The summed E-state index contributed by atoms with van der Waals surface area (Å²) in [4.78, 5) is 160. The molecule has 472 valence electrons. The summed E-state index contributed by atoms with van der Waals surface area (Å²) < 4.78 is 0. The minimum atomic E-state index is -1.75. The Bertz CT molecular complexity index is 2440. The van der Waals surface area contributed by atoms with Gasteiger partial charge >= 0.3 is 5.97 Å². The average molecular weight is 1240 g/mol. The van der Waals surface area contributed by atoms with Gasteiger partial charge in [-0.05, 0) is 68.1 Å². The van der Waals surface area contributed by atoms with E-state index in [-0.39, 0.29) is 79.5 Å². The highest BCUT2D eigenvalue weighted by Gasteiger charge is 2.37. The van der Waals surface area contributed by atoms with Crippen molar-refractivity contribution < 1.29 is 72.9 Å². The first-order valence-electron chi connectivity index (χ1n) is 26.9. The van der Waals surface area contributed by atoms with Crippen LogP contribution in [0.4, 0.5) is 0 Å². The van der Waals surface area contributed by atoms with Crippen molar-refractivity contribution >= 4 is 115 Å². The molecule has 1 rings (SSSR count). The van der Waals surface area contributed by atoms with Gasteiger partial charge in [0.05, 0.1) is 19.1 Å². The molecule has 0 aliphatic heterocycles. The Morgan fingerprint density at radius 3 is 1.33 bits per heavy atom. The van der Waals surface area contributed by atoms with E-state index in [4.69, 9.17) is 22.6 Å². The summed E-state index contributed by atoms with van der Waals surface area (Å²) in [5.74, 6) is -14.4. The third-order valence-corrected chi connectivity index (χ3v) is 13.3. The number of carbonyl (C=O) groups excluding carboxylic acids is 11. The molecule has 84 heavy (non-hydrogen) atoms. The molecule has 0 aliphatic rings. The van der Waals surface area contributed by atoms with Crippen molar-refractivity contribution in [2.75, 3.05) is 30.4 Å². The number of hydrogen-bond donors (Lipinski definition) is 21. The number of rotatable bonds is 38. The van der Waals surface area contributed by atoms with E-state index in [0.717, 1.165) is 0 Å². The molecule has 0 saturated heterocycles. The maximum Gasteiger partial charge on any atom is 0.327 e. The maximum absolute atomic E-state index is 14.3. The zero-order chi connectivity index (χ0) is 64.1. The number of nitrogens with two attached hydrogens (primary N) is 3. The number of hydrogen-bond acceptors (Lipinski definition) is 19. The van der Waals surface area contributed by atoms with E-state index in [2.05, 4.69) is 96.4 Å². The van der Waals surface area contributed by atoms with Gasteiger partial charge in [-0.25, -0.2) is 4.79 Å². The van der Waals surface area contributed by atoms with Gasteiger partial charge in [0.1, 0.15) is 66.2 Å². The Morgan fingerprint density at radius 1 is 0.512 bits per heavy atom. The SMILES string of the molecule is CC(C)C[C@H](NC(=O)[C@H](CO)NC(=O)[C@H](CC(C)C)NC(=O)[C@@H](NC(=O)[C@H](CCCNC(=N)N)NC(=O)[C@H](CS)NC(=O)[C@H](Cc1ccc(O)cc1)NC(=O)[C@H](CS)NC(=O)[C@H](C)N)C(C)C)C(=O)N[C@@H](CC(N)=O)C(=O)N[C@@H](CS)C(=O)O. The number of aliphatic hydroxyl groups excluding tert-OH is 1. The fourth-order valence-electron chi connectivity index (χ4n) is 7.72. The van der Waals surface area contributed by atoms with E-state index in [1.807, 2.05) is 0 Å². The Kier molecular flexibility index (Phi) is 33.9. The molecule has 0 saturated carbocycles. The van der Waals surface area contributed by atoms with E-state index in [0.29, 0.717) is 5.56 Å². The van der Waals surface area contributed by atoms with E-state index >= 15 is 0 Å². The smallest absolute Gasteiger partial charge is 0.327 e. The number of phenolic OH excluding ortho intramolecular Hbond substituents is 1. The number of primary amides is 1. The molecule has 0 spiro atoms. The van der Waals surface area contributed by atoms with Gasteiger partial charge in [-0.15, -0.1) is 0 Å². The summed E-state index contributed by atoms with van der Waals surface area (Å²) in [6.07, 6.45) is -1.09. The number of aromatic hydroxyl groups is 1. The highest BCUT2D eigenvalue weighted by molar-refractivity contribution is 7.80. The van der Waals surface area contributed by atoms with Gasteiger partial charge in [0, 0.05) is 30.2 Å². The zero-order valence-corrected chi connectivity index (χ0v) is 50.7. The minimum Gasteiger partial charge on any atom is -0.508 e. The summed E-state index contributed by atoms with van der Waals surface area (Å²) in [6.45, 7) is 10.4. The molecule has 0 aromatic heterocycles. The molecule has 30 nitrogen and oxygen atoms in total. The third-order valence-electron chi connectivity index (χ3n) is 12.2. The van der Waals surface area contributed by atoms with Crippen molar-refractivity contribution in [3.63, 3.8) is 0 Å². The first-order valence-corrected chi connectivity index (χ1v) is 28.8. The zero-order valence-electron chi connectivity index (χ0n) is 48.0. The monoisotopic (exact) mass is 1240 g/mol. The summed E-state index contributed by atoms with van der Waals surface area (Å²) in [6, 6.07) is -10.1. The van der Waals surface area contributed by atoms with Crippen LogP contribution in [0.1, 0.15) is 86.1 Å². The topological polar surface area (TPSA) is 500 Å². The Balaban J connectivity index is 3.48. The molecule has 11 atom stereocenters. The molecule has 0 radical (unpaired) electrons. The van der Waals surface area contributed by atoms with Crippen LogP contribution in [0.15, 0.2) is 24.3 Å². The predicted octanol–water partition coefficient (Wildman–Crippen LogP) is -5.12. The molecule has 0 aliphatic carbocycles. The lowest BCUT2D eigenvalue weighted by atomic mass is 9.99. The van der Waals surface area contributed by atoms with E-state index in [1.54, 1.807) is 41.5 Å². The van der Waals surface area contributed by atoms with Crippen LogP contribution in [-0.2, 0) is 64.0 Å². The summed E-state index contributed by atoms with van der Waals surface area (Å²) >= 11 is 12.3. The lowest BCUT2D eigenvalue weighted by Gasteiger charge is -2.29. The van der Waals surface area contributed by atoms with Crippen LogP contribution >= 0.6 is 37.9 Å². The number of carboxylic acid groups (broad SMARTS) is 1. The fraction of sp³-hybridized carbons (Fsp3) is 0.627. The molecular formula is C51H85N15O15S3. The van der Waals surface area contributed by atoms with Gasteiger partial charge in [0.2, 0.25) is 65.0 Å². The van der Waals surface area contributed by atoms with Crippen molar-refractivity contribution in [3.05, 3.63) is 29.8 Å². The number of benzene rings is 1. The first kappa shape index (κ1) is 74.9. The number of amides is 11. The third kappa shape index (κ3) is 27.5. The number of guanidine groups is 1. The Hall–Kier alpha value is -7.10. The van der Waals surface area contributed by atoms with Crippen LogP contribution in [0.3, 0.4) is 0 Å². The van der Waals surface area contributed by atoms with E-state index in [1.165, 1.54) is 31.2 Å². The summed E-state index contributed by atoms with van der Waals surface area (Å²) in [5, 5.41) is 64.3. The molecule has 0 fully saturated rings. The number of carboxylic acids is 1. The van der Waals surface area contributed by atoms with Crippen molar-refractivity contribution in [3.8, 4) is 5.75 Å². The van der Waals surface area contributed by atoms with Crippen molar-refractivity contribution in [2.45, 2.75) is 153 Å². The number of phenols is 1. The van der Waals surface area contributed by atoms with Crippen LogP contribution in [0.25, 0.3) is 0 Å². The summed E-state index contributed by atoms with van der Waals surface area (Å²) in [7, 11) is 0. The predicted molar refractivity (Wildman–Crippen MR) is 318 cm³/mol. The summed E-state index contributed by atoms with van der Waals surface area (Å²) in [5.41, 5.74) is 16.9. The number of aliphatic carboxylic acids is 1. The lowest BCUT2D eigenvalue weighted by Crippen LogP contribution is -2.62. The molecule has 0 bridgehead atoms. The van der Waals surface area contributed by atoms with Gasteiger partial charge in [0.25, 0.3) is 0 Å². The number of carbonyl (C=O) groups is 12. The van der Waals surface area contributed by atoms with Crippen molar-refractivity contribution in [1.29, 1.82) is 5.41 Å². The fourth-order valence-corrected chi connectivity index (χ4v) is 8.48. The maximum atomic E-state index is 14.3. The van der Waals surface area contributed by atoms with E-state index < -0.39 is 156 Å². The standard InChI is InChI=1S/C51H85N15O15S3/c1-23(2)15-30(42(72)60-33(18-38(53)69)45(75)65-37(22-84)50(80)81)58-46(76)34(19-67)62-43(73)31(16-24(3)4)61-49(79)39(25(5)6)66-41(71)29(9-8-14-56-51(54)55)57-47(77)36(21-83)64-44(74)32(17-27-10-12-28(68)13-11-27)59-48(78)35(20-82)63-40(70)26(7)52/h10-13,23-26,29-37,39,67-68,82-84H,8-9,14-22,52H2,1-7H3,(H2,53,69)(H,57,77)(H,58,76)(H,59,78)(H,60,72)(H,61,79)(H,62,73)(H,63,70)(H,64,74)(H,65,75)(H,66,71)(H,80,81)(H4,54,55,56)/t26-,29-,30-,31-,32-,33-,34-,35-,36-,37-,39-/m0/s1. The van der Waals surface area contributed by atoms with Gasteiger partial charge in [-0.3, -0.25) is 58.1 Å². The Morgan fingerprint density at radius 2 is 0.893 bits per heavy atom. The molecule has 21 N–H and O–H groups in total. The molecule has 33 heteroatoms. The highest BCUT2D eigenvalue weighted by Crippen LogP contribution is 2.14. The molecule has 11 amide bonds.